The van der Waals surface area contributed by atoms with Crippen molar-refractivity contribution in [1.82, 2.24) is 24.9 Å². The number of rotatable bonds is 4. The summed E-state index contributed by atoms with van der Waals surface area (Å²) in [6, 6.07) is 1.72. The lowest BCUT2D eigenvalue weighted by Gasteiger charge is -2.33. The van der Waals surface area contributed by atoms with Gasteiger partial charge in [-0.2, -0.15) is 18.2 Å². The number of nitrogens with zero attached hydrogens (tertiary/aromatic N) is 4. The lowest BCUT2D eigenvalue weighted by Crippen LogP contribution is -2.48. The minimum Gasteiger partial charge on any atom is -0.478 e. The quantitative estimate of drug-likeness (QED) is 0.501. The molecule has 0 aromatic carbocycles. The number of aliphatic carboxylic acids is 1. The van der Waals surface area contributed by atoms with Gasteiger partial charge in [0, 0.05) is 31.6 Å². The van der Waals surface area contributed by atoms with Crippen LogP contribution in [0, 0.1) is 6.92 Å². The number of hydrogen-bond donors (Lipinski definition) is 3. The number of amides is 1. The average Bonchev–Trinajstić information content (AvgIpc) is 3.43. The van der Waals surface area contributed by atoms with E-state index in [1.165, 1.54) is 11.3 Å². The molecule has 33 heavy (non-hydrogen) atoms. The summed E-state index contributed by atoms with van der Waals surface area (Å²) in [6.07, 6.45) is -5.08. The first-order chi connectivity index (χ1) is 15.5. The third-order valence-electron chi connectivity index (χ3n) is 4.65. The zero-order valence-corrected chi connectivity index (χ0v) is 17.9. The van der Waals surface area contributed by atoms with Crippen LogP contribution in [-0.2, 0) is 11.3 Å². The summed E-state index contributed by atoms with van der Waals surface area (Å²) in [5.41, 5.74) is 1.13. The Morgan fingerprint density at radius 3 is 2.36 bits per heavy atom. The predicted molar refractivity (Wildman–Crippen MR) is 107 cm³/mol. The van der Waals surface area contributed by atoms with Crippen molar-refractivity contribution < 1.29 is 42.3 Å². The number of aryl methyl sites for hydroxylation is 1. The highest BCUT2D eigenvalue weighted by molar-refractivity contribution is 7.17. The molecule has 1 amide bonds. The Labute approximate surface area is 187 Å². The molecule has 0 saturated carbocycles. The second-order valence-corrected chi connectivity index (χ2v) is 7.89. The van der Waals surface area contributed by atoms with Crippen molar-refractivity contribution in [3.8, 4) is 0 Å². The van der Waals surface area contributed by atoms with E-state index >= 15 is 0 Å². The van der Waals surface area contributed by atoms with Crippen LogP contribution in [-0.4, -0.2) is 85.3 Å². The third-order valence-corrected chi connectivity index (χ3v) is 5.58. The van der Waals surface area contributed by atoms with Crippen LogP contribution < -0.4 is 0 Å². The van der Waals surface area contributed by atoms with Gasteiger partial charge >= 0.3 is 18.1 Å². The van der Waals surface area contributed by atoms with Gasteiger partial charge < -0.3 is 24.6 Å². The highest BCUT2D eigenvalue weighted by Crippen LogP contribution is 2.27. The van der Waals surface area contributed by atoms with Crippen LogP contribution in [0.5, 0.6) is 0 Å². The van der Waals surface area contributed by atoms with Gasteiger partial charge in [0.15, 0.2) is 5.82 Å². The molecule has 3 aromatic rings. The average molecular weight is 489 g/mol. The van der Waals surface area contributed by atoms with Gasteiger partial charge in [0.25, 0.3) is 5.91 Å². The van der Waals surface area contributed by atoms with Gasteiger partial charge in [-0.1, -0.05) is 5.16 Å². The second kappa shape index (κ2) is 9.58. The number of carbonyl (C=O) groups is 3. The first kappa shape index (κ1) is 24.2. The van der Waals surface area contributed by atoms with E-state index in [2.05, 4.69) is 20.0 Å². The molecule has 0 atom stereocenters. The summed E-state index contributed by atoms with van der Waals surface area (Å²) in [6.45, 7) is 4.95. The van der Waals surface area contributed by atoms with Gasteiger partial charge in [-0.05, 0) is 13.0 Å². The molecule has 0 aliphatic carbocycles. The van der Waals surface area contributed by atoms with Crippen molar-refractivity contribution in [3.63, 3.8) is 0 Å². The summed E-state index contributed by atoms with van der Waals surface area (Å²) in [7, 11) is 0. The van der Waals surface area contributed by atoms with E-state index in [-0.39, 0.29) is 11.5 Å². The fraction of sp³-hybridized carbons (Fsp3) is 0.389. The number of aromatic amines is 1. The summed E-state index contributed by atoms with van der Waals surface area (Å²) in [4.78, 5) is 43.9. The molecule has 15 heteroatoms. The number of halogens is 3. The molecule has 1 aliphatic rings. The highest BCUT2D eigenvalue weighted by atomic mass is 32.1. The monoisotopic (exact) mass is 489 g/mol. The molecule has 1 saturated heterocycles. The number of carboxylic acid groups (broad SMARTS) is 2. The van der Waals surface area contributed by atoms with Crippen molar-refractivity contribution in [1.29, 1.82) is 0 Å². The van der Waals surface area contributed by atoms with Crippen molar-refractivity contribution in [3.05, 3.63) is 34.4 Å². The Bertz CT molecular complexity index is 1160. The van der Waals surface area contributed by atoms with Crippen LogP contribution in [0.4, 0.5) is 13.2 Å². The Balaban J connectivity index is 0.000000383. The number of piperazine rings is 1. The van der Waals surface area contributed by atoms with E-state index in [1.807, 2.05) is 0 Å². The highest BCUT2D eigenvalue weighted by Gasteiger charge is 2.38. The Hall–Kier alpha value is -3.46. The number of alkyl halides is 3. The fourth-order valence-electron chi connectivity index (χ4n) is 3.06. The molecule has 0 spiro atoms. The van der Waals surface area contributed by atoms with E-state index in [4.69, 9.17) is 14.4 Å². The van der Waals surface area contributed by atoms with E-state index < -0.39 is 18.1 Å². The van der Waals surface area contributed by atoms with Crippen LogP contribution in [0.25, 0.3) is 10.2 Å². The maximum atomic E-state index is 12.7. The lowest BCUT2D eigenvalue weighted by molar-refractivity contribution is -0.192. The van der Waals surface area contributed by atoms with Crippen molar-refractivity contribution in [2.75, 3.05) is 26.2 Å². The van der Waals surface area contributed by atoms with Crippen LogP contribution in [0.3, 0.4) is 0 Å². The summed E-state index contributed by atoms with van der Waals surface area (Å²) in [5.74, 6) is -2.68. The first-order valence-corrected chi connectivity index (χ1v) is 10.3. The number of carboxylic acids is 2. The molecule has 11 nitrogen and oxygen atoms in total. The molecule has 178 valence electrons. The molecule has 1 fully saturated rings. The van der Waals surface area contributed by atoms with Gasteiger partial charge in [0.2, 0.25) is 5.89 Å². The second-order valence-electron chi connectivity index (χ2n) is 6.98. The fourth-order valence-corrected chi connectivity index (χ4v) is 3.99. The van der Waals surface area contributed by atoms with Crippen LogP contribution in [0.1, 0.15) is 32.6 Å². The first-order valence-electron chi connectivity index (χ1n) is 9.40. The molecule has 4 rings (SSSR count). The number of carbonyl (C=O) groups excluding carboxylic acids is 1. The van der Waals surface area contributed by atoms with E-state index in [1.54, 1.807) is 23.3 Å². The van der Waals surface area contributed by atoms with E-state index in [9.17, 15) is 27.9 Å². The van der Waals surface area contributed by atoms with Gasteiger partial charge in [0.1, 0.15) is 5.69 Å². The Morgan fingerprint density at radius 2 is 1.85 bits per heavy atom. The van der Waals surface area contributed by atoms with Gasteiger partial charge in [0.05, 0.1) is 22.3 Å². The summed E-state index contributed by atoms with van der Waals surface area (Å²) >= 11 is 1.32. The minimum atomic E-state index is -5.08. The Morgan fingerprint density at radius 1 is 1.21 bits per heavy atom. The molecule has 0 unspecified atom stereocenters. The number of fused-ring (bicyclic) bond motifs is 1. The van der Waals surface area contributed by atoms with Crippen molar-refractivity contribution in [2.45, 2.75) is 19.6 Å². The van der Waals surface area contributed by atoms with Crippen LogP contribution in [0.15, 0.2) is 16.0 Å². The molecule has 4 heterocycles. The topological polar surface area (TPSA) is 153 Å². The maximum Gasteiger partial charge on any atom is 0.490 e. The molecular formula is C18H18F3N5O6S. The standard InChI is InChI=1S/C16H17N5O4S.C2HF3O2/c1-9-17-13(25-19-9)7-20-2-4-21(5-3-20)15(22)11-6-12-14(18-11)10(8-26-12)16(23)24;3-2(4,5)1(6)7/h6,8,18H,2-5,7H2,1H3,(H,23,24);(H,6,7). The molecular weight excluding hydrogens is 471 g/mol. The molecule has 3 N–H and O–H groups in total. The molecule has 1 aliphatic heterocycles. The maximum absolute atomic E-state index is 12.7. The number of hydrogen-bond acceptors (Lipinski definition) is 8. The number of aromatic nitrogens is 3. The smallest absolute Gasteiger partial charge is 0.478 e. The number of aromatic carboxylic acids is 1. The predicted octanol–water partition coefficient (Wildman–Crippen LogP) is 2.21. The zero-order chi connectivity index (χ0) is 24.3. The van der Waals surface area contributed by atoms with Crippen LogP contribution >= 0.6 is 11.3 Å². The molecule has 3 aromatic heterocycles. The summed E-state index contributed by atoms with van der Waals surface area (Å²) in [5, 5.41) is 21.7. The lowest BCUT2D eigenvalue weighted by atomic mass is 10.2. The van der Waals surface area contributed by atoms with Crippen molar-refractivity contribution in [2.24, 2.45) is 0 Å². The summed E-state index contributed by atoms with van der Waals surface area (Å²) < 4.78 is 37.6. The normalized spacial score (nSPS) is 14.7. The third kappa shape index (κ3) is 5.87. The number of H-pyrrole nitrogens is 1. The molecule has 0 bridgehead atoms. The van der Waals surface area contributed by atoms with Gasteiger partial charge in [-0.15, -0.1) is 11.3 Å². The van der Waals surface area contributed by atoms with Crippen molar-refractivity contribution >= 4 is 39.4 Å². The number of thiophene rings is 1. The Kier molecular flexibility index (Phi) is 7.02. The minimum absolute atomic E-state index is 0.113. The van der Waals surface area contributed by atoms with Gasteiger partial charge in [-0.25, -0.2) is 9.59 Å². The van der Waals surface area contributed by atoms with Crippen LogP contribution in [0.2, 0.25) is 0 Å². The largest absolute Gasteiger partial charge is 0.490 e. The number of nitrogens with one attached hydrogen (secondary N) is 1. The zero-order valence-electron chi connectivity index (χ0n) is 17.0. The van der Waals surface area contributed by atoms with E-state index in [0.29, 0.717) is 55.6 Å². The SMILES string of the molecule is Cc1noc(CN2CCN(C(=O)c3cc4scc(C(=O)O)c4[nH]3)CC2)n1.O=C(O)C(F)(F)F. The molecule has 0 radical (unpaired) electrons. The van der Waals surface area contributed by atoms with Gasteiger partial charge in [-0.3, -0.25) is 9.69 Å². The van der Waals surface area contributed by atoms with E-state index in [0.717, 1.165) is 4.70 Å².